The molecule has 2 fully saturated rings. The van der Waals surface area contributed by atoms with Crippen molar-refractivity contribution in [2.24, 2.45) is 4.99 Å². The van der Waals surface area contributed by atoms with Gasteiger partial charge in [0.2, 0.25) is 5.91 Å². The molecule has 1 unspecified atom stereocenters. The van der Waals surface area contributed by atoms with Crippen molar-refractivity contribution in [1.82, 2.24) is 16.0 Å². The van der Waals surface area contributed by atoms with Gasteiger partial charge in [0.05, 0.1) is 6.10 Å². The number of nitrogens with one attached hydrogen (secondary N) is 3. The van der Waals surface area contributed by atoms with Crippen LogP contribution in [-0.2, 0) is 16.1 Å². The summed E-state index contributed by atoms with van der Waals surface area (Å²) in [7, 11) is 1.73. The van der Waals surface area contributed by atoms with Gasteiger partial charge in [-0.25, -0.2) is 0 Å². The first-order valence-electron chi connectivity index (χ1n) is 11.2. The number of ether oxygens (including phenoxy) is 2. The largest absolute Gasteiger partial charge is 0.491 e. The number of amides is 1. The SMILES string of the molecule is CN=C(NCCC(=O)NC1CCCC1)NCc1ccc(C)cc1OCC1CCCO1.I. The zero-order chi connectivity index (χ0) is 21.2. The predicted molar refractivity (Wildman–Crippen MR) is 134 cm³/mol. The summed E-state index contributed by atoms with van der Waals surface area (Å²) in [5, 5.41) is 9.65. The number of rotatable bonds is 9. The number of hydrogen-bond donors (Lipinski definition) is 3. The van der Waals surface area contributed by atoms with Crippen LogP contribution < -0.4 is 20.7 Å². The van der Waals surface area contributed by atoms with E-state index in [2.05, 4.69) is 46.1 Å². The Kier molecular flexibility index (Phi) is 11.4. The van der Waals surface area contributed by atoms with E-state index in [1.807, 2.05) is 0 Å². The molecule has 0 bridgehead atoms. The van der Waals surface area contributed by atoms with Crippen LogP contribution >= 0.6 is 24.0 Å². The van der Waals surface area contributed by atoms with Crippen LogP contribution in [0.4, 0.5) is 0 Å². The van der Waals surface area contributed by atoms with E-state index in [0.717, 1.165) is 49.2 Å². The molecule has 1 aromatic rings. The first-order valence-corrected chi connectivity index (χ1v) is 11.2. The van der Waals surface area contributed by atoms with E-state index in [-0.39, 0.29) is 36.0 Å². The van der Waals surface area contributed by atoms with Crippen molar-refractivity contribution in [3.8, 4) is 5.75 Å². The summed E-state index contributed by atoms with van der Waals surface area (Å²) in [6.07, 6.45) is 7.46. The number of carbonyl (C=O) groups excluding carboxylic acids is 1. The first kappa shape index (κ1) is 25.7. The molecular weight excluding hydrogens is 507 g/mol. The molecule has 1 saturated carbocycles. The minimum atomic E-state index is 0. The molecule has 1 aromatic carbocycles. The molecule has 1 heterocycles. The molecule has 1 atom stereocenters. The Morgan fingerprint density at radius 1 is 1.19 bits per heavy atom. The molecule has 31 heavy (non-hydrogen) atoms. The molecule has 3 N–H and O–H groups in total. The topological polar surface area (TPSA) is 84.0 Å². The lowest BCUT2D eigenvalue weighted by Gasteiger charge is -2.17. The third-order valence-corrected chi connectivity index (χ3v) is 5.71. The lowest BCUT2D eigenvalue weighted by molar-refractivity contribution is -0.121. The number of hydrogen-bond acceptors (Lipinski definition) is 4. The molecule has 0 radical (unpaired) electrons. The maximum atomic E-state index is 12.1. The lowest BCUT2D eigenvalue weighted by Crippen LogP contribution is -2.40. The highest BCUT2D eigenvalue weighted by molar-refractivity contribution is 14.0. The minimum Gasteiger partial charge on any atom is -0.491 e. The van der Waals surface area contributed by atoms with Gasteiger partial charge in [0, 0.05) is 44.8 Å². The van der Waals surface area contributed by atoms with E-state index in [1.54, 1.807) is 7.05 Å². The van der Waals surface area contributed by atoms with Gasteiger partial charge in [-0.15, -0.1) is 24.0 Å². The molecule has 0 aromatic heterocycles. The Morgan fingerprint density at radius 2 is 2.00 bits per heavy atom. The number of aryl methyl sites for hydroxylation is 1. The third-order valence-electron chi connectivity index (χ3n) is 5.71. The first-order chi connectivity index (χ1) is 14.6. The van der Waals surface area contributed by atoms with Crippen molar-refractivity contribution in [2.75, 3.05) is 26.8 Å². The summed E-state index contributed by atoms with van der Waals surface area (Å²) in [6, 6.07) is 6.59. The fourth-order valence-corrected chi connectivity index (χ4v) is 3.96. The molecular formula is C23H37IN4O3. The third kappa shape index (κ3) is 8.84. The monoisotopic (exact) mass is 544 g/mol. The highest BCUT2D eigenvalue weighted by Crippen LogP contribution is 2.22. The minimum absolute atomic E-state index is 0. The van der Waals surface area contributed by atoms with Crippen LogP contribution in [0.1, 0.15) is 56.1 Å². The van der Waals surface area contributed by atoms with Gasteiger partial charge in [0.25, 0.3) is 0 Å². The van der Waals surface area contributed by atoms with Crippen molar-refractivity contribution in [2.45, 2.75) is 70.6 Å². The van der Waals surface area contributed by atoms with Crippen LogP contribution in [0.5, 0.6) is 5.75 Å². The Bertz CT molecular complexity index is 717. The summed E-state index contributed by atoms with van der Waals surface area (Å²) >= 11 is 0. The number of guanidine groups is 1. The predicted octanol–water partition coefficient (Wildman–Crippen LogP) is 3.28. The summed E-state index contributed by atoms with van der Waals surface area (Å²) in [4.78, 5) is 16.3. The van der Waals surface area contributed by atoms with Gasteiger partial charge in [-0.05, 0) is 44.2 Å². The Hall–Kier alpha value is -1.55. The lowest BCUT2D eigenvalue weighted by atomic mass is 10.1. The maximum absolute atomic E-state index is 12.1. The second-order valence-electron chi connectivity index (χ2n) is 8.21. The van der Waals surface area contributed by atoms with Gasteiger partial charge in [-0.1, -0.05) is 25.0 Å². The van der Waals surface area contributed by atoms with Gasteiger partial charge in [0.1, 0.15) is 12.4 Å². The van der Waals surface area contributed by atoms with Gasteiger partial charge < -0.3 is 25.4 Å². The van der Waals surface area contributed by atoms with Crippen LogP contribution in [0.15, 0.2) is 23.2 Å². The van der Waals surface area contributed by atoms with Crippen LogP contribution in [0.3, 0.4) is 0 Å². The second kappa shape index (κ2) is 13.8. The summed E-state index contributed by atoms with van der Waals surface area (Å²) in [6.45, 7) is 4.62. The molecule has 1 aliphatic carbocycles. The molecule has 0 spiro atoms. The van der Waals surface area contributed by atoms with Crippen LogP contribution in [0.25, 0.3) is 0 Å². The highest BCUT2D eigenvalue weighted by Gasteiger charge is 2.18. The fourth-order valence-electron chi connectivity index (χ4n) is 3.96. The van der Waals surface area contributed by atoms with E-state index < -0.39 is 0 Å². The smallest absolute Gasteiger partial charge is 0.221 e. The number of benzene rings is 1. The average Bonchev–Trinajstić information content (AvgIpc) is 3.44. The zero-order valence-electron chi connectivity index (χ0n) is 18.7. The van der Waals surface area contributed by atoms with Crippen LogP contribution in [0, 0.1) is 6.92 Å². The van der Waals surface area contributed by atoms with Gasteiger partial charge in [0.15, 0.2) is 5.96 Å². The van der Waals surface area contributed by atoms with Crippen molar-refractivity contribution in [3.05, 3.63) is 29.3 Å². The quantitative estimate of drug-likeness (QED) is 0.253. The molecule has 7 nitrogen and oxygen atoms in total. The van der Waals surface area contributed by atoms with E-state index in [4.69, 9.17) is 9.47 Å². The molecule has 174 valence electrons. The normalized spacial score (nSPS) is 19.0. The molecule has 1 aliphatic heterocycles. The van der Waals surface area contributed by atoms with E-state index in [0.29, 0.717) is 38.1 Å². The van der Waals surface area contributed by atoms with Crippen molar-refractivity contribution >= 4 is 35.8 Å². The Labute approximate surface area is 203 Å². The molecule has 2 aliphatic rings. The molecule has 3 rings (SSSR count). The number of carbonyl (C=O) groups is 1. The van der Waals surface area contributed by atoms with Crippen molar-refractivity contribution < 1.29 is 14.3 Å². The van der Waals surface area contributed by atoms with Crippen molar-refractivity contribution in [3.63, 3.8) is 0 Å². The average molecular weight is 544 g/mol. The van der Waals surface area contributed by atoms with Crippen LogP contribution in [-0.4, -0.2) is 50.8 Å². The summed E-state index contributed by atoms with van der Waals surface area (Å²) < 4.78 is 11.7. The summed E-state index contributed by atoms with van der Waals surface area (Å²) in [5.41, 5.74) is 2.23. The number of aliphatic imine (C=N–C) groups is 1. The maximum Gasteiger partial charge on any atom is 0.221 e. The number of nitrogens with zero attached hydrogens (tertiary/aromatic N) is 1. The molecule has 1 amide bonds. The van der Waals surface area contributed by atoms with Gasteiger partial charge in [-0.3, -0.25) is 9.79 Å². The number of halogens is 1. The van der Waals surface area contributed by atoms with Crippen LogP contribution in [0.2, 0.25) is 0 Å². The Morgan fingerprint density at radius 3 is 2.71 bits per heavy atom. The molecule has 8 heteroatoms. The summed E-state index contributed by atoms with van der Waals surface area (Å²) in [5.74, 6) is 1.66. The molecule has 1 saturated heterocycles. The van der Waals surface area contributed by atoms with Crippen molar-refractivity contribution in [1.29, 1.82) is 0 Å². The van der Waals surface area contributed by atoms with E-state index >= 15 is 0 Å². The highest BCUT2D eigenvalue weighted by atomic mass is 127. The standard InChI is InChI=1S/C23H36N4O3.HI/c1-17-9-10-18(21(14-17)30-16-20-8-5-13-29-20)15-26-23(24-2)25-12-11-22(28)27-19-6-3-4-7-19;/h9-10,14,19-20H,3-8,11-13,15-16H2,1-2H3,(H,27,28)(H2,24,25,26);1H. The van der Waals surface area contributed by atoms with E-state index in [9.17, 15) is 4.79 Å². The van der Waals surface area contributed by atoms with Gasteiger partial charge in [-0.2, -0.15) is 0 Å². The van der Waals surface area contributed by atoms with Gasteiger partial charge >= 0.3 is 0 Å². The Balaban J connectivity index is 0.00000341. The fraction of sp³-hybridized carbons (Fsp3) is 0.652. The second-order valence-corrected chi connectivity index (χ2v) is 8.21. The zero-order valence-corrected chi connectivity index (χ0v) is 21.1. The van der Waals surface area contributed by atoms with E-state index in [1.165, 1.54) is 12.8 Å².